The number of halogens is 3. The Bertz CT molecular complexity index is 1280. The summed E-state index contributed by atoms with van der Waals surface area (Å²) in [5.41, 5.74) is 0.826. The van der Waals surface area contributed by atoms with Gasteiger partial charge in [-0.15, -0.1) is 0 Å². The summed E-state index contributed by atoms with van der Waals surface area (Å²) in [6.07, 6.45) is -7.06. The number of methoxy groups -OCH3 is 1. The largest absolute Gasteiger partial charge is 0.467 e. The molecule has 2 amide bonds. The molecule has 1 atom stereocenters. The van der Waals surface area contributed by atoms with E-state index in [4.69, 9.17) is 4.74 Å². The standard InChI is InChI=1S/C28H25F3N2O5/c1-37-25(35)27(28(29,30)31,15-18-9-3-2-4-10-18)33-24(34)16-32-26(36)38-17-23-21-13-7-5-11-19(21)20-12-6-8-14-22(20)23/h2-14,23H,15-17H2,1H3,(H,32,36)(H,33,34)/t27-/m0/s1. The monoisotopic (exact) mass is 526 g/mol. The molecule has 0 aromatic heterocycles. The molecule has 198 valence electrons. The van der Waals surface area contributed by atoms with Crippen LogP contribution in [0.1, 0.15) is 22.6 Å². The minimum Gasteiger partial charge on any atom is -0.467 e. The van der Waals surface area contributed by atoms with Crippen molar-refractivity contribution in [3.8, 4) is 11.1 Å². The molecule has 0 radical (unpaired) electrons. The minimum absolute atomic E-state index is 0.0376. The Balaban J connectivity index is 1.40. The predicted molar refractivity (Wildman–Crippen MR) is 132 cm³/mol. The Morgan fingerprint density at radius 2 is 1.39 bits per heavy atom. The zero-order valence-corrected chi connectivity index (χ0v) is 20.4. The number of carbonyl (C=O) groups is 3. The third kappa shape index (κ3) is 5.34. The van der Waals surface area contributed by atoms with Gasteiger partial charge in [0.15, 0.2) is 0 Å². The molecule has 3 aromatic rings. The highest BCUT2D eigenvalue weighted by Crippen LogP contribution is 2.44. The molecule has 7 nitrogen and oxygen atoms in total. The number of hydrogen-bond acceptors (Lipinski definition) is 5. The molecule has 0 aliphatic heterocycles. The number of rotatable bonds is 8. The van der Waals surface area contributed by atoms with Gasteiger partial charge in [-0.1, -0.05) is 78.9 Å². The van der Waals surface area contributed by atoms with E-state index < -0.39 is 42.7 Å². The summed E-state index contributed by atoms with van der Waals surface area (Å²) in [7, 11) is 0.801. The van der Waals surface area contributed by atoms with E-state index in [1.54, 1.807) is 11.4 Å². The maximum Gasteiger partial charge on any atom is 0.422 e. The molecule has 0 unspecified atom stereocenters. The molecule has 0 fully saturated rings. The Kier molecular flexibility index (Phi) is 7.70. The van der Waals surface area contributed by atoms with Gasteiger partial charge in [-0.3, -0.25) is 4.79 Å². The molecule has 10 heteroatoms. The van der Waals surface area contributed by atoms with Crippen molar-refractivity contribution < 1.29 is 37.0 Å². The lowest BCUT2D eigenvalue weighted by Crippen LogP contribution is -2.66. The smallest absolute Gasteiger partial charge is 0.422 e. The van der Waals surface area contributed by atoms with Crippen molar-refractivity contribution in [3.63, 3.8) is 0 Å². The molecule has 3 aromatic carbocycles. The summed E-state index contributed by atoms with van der Waals surface area (Å²) < 4.78 is 52.2. The lowest BCUT2D eigenvalue weighted by Gasteiger charge is -2.34. The summed E-state index contributed by atoms with van der Waals surface area (Å²) in [6.45, 7) is -0.885. The molecule has 0 saturated carbocycles. The molecule has 0 spiro atoms. The molecular weight excluding hydrogens is 501 g/mol. The van der Waals surface area contributed by atoms with E-state index in [2.05, 4.69) is 10.1 Å². The SMILES string of the molecule is COC(=O)[C@](Cc1ccccc1)(NC(=O)CNC(=O)OCC1c2ccccc2-c2ccccc21)C(F)(F)F. The summed E-state index contributed by atoms with van der Waals surface area (Å²) >= 11 is 0. The van der Waals surface area contributed by atoms with Crippen LogP contribution in [0, 0.1) is 0 Å². The Morgan fingerprint density at radius 3 is 1.95 bits per heavy atom. The van der Waals surface area contributed by atoms with E-state index in [-0.39, 0.29) is 18.1 Å². The first-order valence-corrected chi connectivity index (χ1v) is 11.7. The average Bonchev–Trinajstić information content (AvgIpc) is 3.23. The average molecular weight is 527 g/mol. The van der Waals surface area contributed by atoms with E-state index in [1.807, 2.05) is 48.5 Å². The maximum atomic E-state index is 14.2. The van der Waals surface area contributed by atoms with Crippen molar-refractivity contribution in [3.05, 3.63) is 95.6 Å². The second-order valence-corrected chi connectivity index (χ2v) is 8.78. The van der Waals surface area contributed by atoms with Gasteiger partial charge in [0.2, 0.25) is 11.4 Å². The molecular formula is C28H25F3N2O5. The maximum absolute atomic E-state index is 14.2. The number of fused-ring (bicyclic) bond motifs is 3. The van der Waals surface area contributed by atoms with Crippen LogP contribution in [0.5, 0.6) is 0 Å². The van der Waals surface area contributed by atoms with Crippen LogP contribution < -0.4 is 10.6 Å². The van der Waals surface area contributed by atoms with Crippen molar-refractivity contribution in [2.45, 2.75) is 24.1 Å². The van der Waals surface area contributed by atoms with Crippen LogP contribution in [0.4, 0.5) is 18.0 Å². The Labute approximate surface area is 216 Å². The first kappa shape index (κ1) is 26.7. The Hall–Kier alpha value is -4.34. The molecule has 0 bridgehead atoms. The molecule has 4 rings (SSSR count). The van der Waals surface area contributed by atoms with Gasteiger partial charge in [-0.05, 0) is 27.8 Å². The number of alkyl halides is 3. The van der Waals surface area contributed by atoms with Gasteiger partial charge >= 0.3 is 18.2 Å². The summed E-state index contributed by atoms with van der Waals surface area (Å²) in [5, 5.41) is 3.90. The summed E-state index contributed by atoms with van der Waals surface area (Å²) in [6, 6.07) is 22.8. The number of hydrogen-bond donors (Lipinski definition) is 2. The lowest BCUT2D eigenvalue weighted by molar-refractivity contribution is -0.212. The van der Waals surface area contributed by atoms with Crippen LogP contribution in [0.3, 0.4) is 0 Å². The van der Waals surface area contributed by atoms with Crippen LogP contribution in [-0.2, 0) is 25.5 Å². The van der Waals surface area contributed by atoms with Crippen molar-refractivity contribution in [1.29, 1.82) is 0 Å². The topological polar surface area (TPSA) is 93.7 Å². The van der Waals surface area contributed by atoms with Gasteiger partial charge < -0.3 is 20.1 Å². The number of amides is 2. The van der Waals surface area contributed by atoms with Gasteiger partial charge in [-0.2, -0.15) is 13.2 Å². The number of benzene rings is 3. The highest BCUT2D eigenvalue weighted by atomic mass is 19.4. The molecule has 0 heterocycles. The predicted octanol–water partition coefficient (Wildman–Crippen LogP) is 4.36. The highest BCUT2D eigenvalue weighted by molar-refractivity contribution is 5.91. The Morgan fingerprint density at radius 1 is 0.842 bits per heavy atom. The van der Waals surface area contributed by atoms with Crippen LogP contribution in [0.15, 0.2) is 78.9 Å². The third-order valence-electron chi connectivity index (χ3n) is 6.42. The number of ether oxygens (including phenoxy) is 2. The van der Waals surface area contributed by atoms with Gasteiger partial charge in [0.05, 0.1) is 7.11 Å². The van der Waals surface area contributed by atoms with Crippen molar-refractivity contribution in [1.82, 2.24) is 10.6 Å². The first-order valence-electron chi connectivity index (χ1n) is 11.7. The quantitative estimate of drug-likeness (QED) is 0.426. The summed E-state index contributed by atoms with van der Waals surface area (Å²) in [4.78, 5) is 37.2. The molecule has 38 heavy (non-hydrogen) atoms. The van der Waals surface area contributed by atoms with Crippen molar-refractivity contribution in [2.24, 2.45) is 0 Å². The van der Waals surface area contributed by atoms with Gasteiger partial charge in [-0.25, -0.2) is 9.59 Å². The number of nitrogens with one attached hydrogen (secondary N) is 2. The fraction of sp³-hybridized carbons (Fsp3) is 0.250. The van der Waals surface area contributed by atoms with Crippen LogP contribution >= 0.6 is 0 Å². The minimum atomic E-state index is -5.19. The van der Waals surface area contributed by atoms with E-state index in [0.717, 1.165) is 29.4 Å². The number of alkyl carbamates (subject to hydrolysis) is 1. The molecule has 0 saturated heterocycles. The number of esters is 1. The van der Waals surface area contributed by atoms with Crippen molar-refractivity contribution in [2.75, 3.05) is 20.3 Å². The van der Waals surface area contributed by atoms with E-state index >= 15 is 0 Å². The highest BCUT2D eigenvalue weighted by Gasteiger charge is 2.62. The second kappa shape index (κ2) is 11.0. The summed E-state index contributed by atoms with van der Waals surface area (Å²) in [5.74, 6) is -3.15. The van der Waals surface area contributed by atoms with Gasteiger partial charge in [0.1, 0.15) is 13.2 Å². The third-order valence-corrected chi connectivity index (χ3v) is 6.42. The normalized spacial score (nSPS) is 14.0. The number of carbonyl (C=O) groups excluding carboxylic acids is 3. The van der Waals surface area contributed by atoms with Gasteiger partial charge in [0, 0.05) is 12.3 Å². The molecule has 1 aliphatic rings. The van der Waals surface area contributed by atoms with Crippen molar-refractivity contribution >= 4 is 18.0 Å². The molecule has 1 aliphatic carbocycles. The van der Waals surface area contributed by atoms with E-state index in [0.29, 0.717) is 0 Å². The van der Waals surface area contributed by atoms with E-state index in [1.165, 1.54) is 24.3 Å². The van der Waals surface area contributed by atoms with Crippen LogP contribution in [0.2, 0.25) is 0 Å². The van der Waals surface area contributed by atoms with E-state index in [9.17, 15) is 27.6 Å². The molecule has 2 N–H and O–H groups in total. The first-order chi connectivity index (χ1) is 18.2. The zero-order chi connectivity index (χ0) is 27.3. The van der Waals surface area contributed by atoms with Crippen LogP contribution in [-0.4, -0.2) is 49.9 Å². The lowest BCUT2D eigenvalue weighted by atomic mass is 9.89. The zero-order valence-electron chi connectivity index (χ0n) is 20.4. The fourth-order valence-electron chi connectivity index (χ4n) is 4.61. The van der Waals surface area contributed by atoms with Gasteiger partial charge in [0.25, 0.3) is 0 Å². The second-order valence-electron chi connectivity index (χ2n) is 8.78. The fourth-order valence-corrected chi connectivity index (χ4v) is 4.61. The van der Waals surface area contributed by atoms with Crippen LogP contribution in [0.25, 0.3) is 11.1 Å².